The Morgan fingerprint density at radius 2 is 1.71 bits per heavy atom. The van der Waals surface area contributed by atoms with Crippen molar-refractivity contribution >= 4 is 0 Å². The van der Waals surface area contributed by atoms with Crippen LogP contribution in [0.3, 0.4) is 0 Å². The van der Waals surface area contributed by atoms with E-state index >= 15 is 0 Å². The Hall–Kier alpha value is -2.15. The molecule has 0 aliphatic heterocycles. The van der Waals surface area contributed by atoms with Crippen molar-refractivity contribution in [3.8, 4) is 6.07 Å². The molecule has 21 heavy (non-hydrogen) atoms. The molecule has 0 fully saturated rings. The van der Waals surface area contributed by atoms with Gasteiger partial charge in [0.25, 0.3) is 0 Å². The van der Waals surface area contributed by atoms with E-state index in [-0.39, 0.29) is 6.04 Å². The Morgan fingerprint density at radius 3 is 2.38 bits per heavy atom. The molecule has 3 nitrogen and oxygen atoms in total. The fourth-order valence-corrected chi connectivity index (χ4v) is 2.34. The van der Waals surface area contributed by atoms with E-state index in [2.05, 4.69) is 35.7 Å². The van der Waals surface area contributed by atoms with Crippen LogP contribution in [0.15, 0.2) is 54.6 Å². The number of hydrogen-bond acceptors (Lipinski definition) is 3. The molecule has 0 spiro atoms. The zero-order valence-electron chi connectivity index (χ0n) is 12.3. The van der Waals surface area contributed by atoms with Crippen molar-refractivity contribution < 1.29 is 4.74 Å². The van der Waals surface area contributed by atoms with Crippen LogP contribution in [0.5, 0.6) is 0 Å². The van der Waals surface area contributed by atoms with Crippen LogP contribution in [0.4, 0.5) is 0 Å². The Kier molecular flexibility index (Phi) is 5.96. The molecule has 3 heteroatoms. The highest BCUT2D eigenvalue weighted by atomic mass is 16.5. The van der Waals surface area contributed by atoms with Crippen LogP contribution in [-0.2, 0) is 17.9 Å². The Labute approximate surface area is 126 Å². The van der Waals surface area contributed by atoms with Gasteiger partial charge in [0.1, 0.15) is 0 Å². The van der Waals surface area contributed by atoms with Crippen molar-refractivity contribution in [1.29, 1.82) is 5.26 Å². The molecular formula is C18H20N2O. The van der Waals surface area contributed by atoms with E-state index in [0.717, 1.165) is 12.1 Å². The maximum absolute atomic E-state index is 9.02. The molecule has 0 bridgehead atoms. The first-order valence-corrected chi connectivity index (χ1v) is 7.06. The van der Waals surface area contributed by atoms with Gasteiger partial charge in [0.05, 0.1) is 19.1 Å². The highest BCUT2D eigenvalue weighted by molar-refractivity contribution is 5.27. The fraction of sp³-hybridized carbons (Fsp3) is 0.278. The van der Waals surface area contributed by atoms with Crippen molar-refractivity contribution in [2.45, 2.75) is 25.6 Å². The quantitative estimate of drug-likeness (QED) is 0.843. The second-order valence-electron chi connectivity index (χ2n) is 4.91. The summed E-state index contributed by atoms with van der Waals surface area (Å²) in [5, 5.41) is 12.5. The van der Waals surface area contributed by atoms with E-state index in [9.17, 15) is 0 Å². The molecule has 2 rings (SSSR count). The topological polar surface area (TPSA) is 45.0 Å². The summed E-state index contributed by atoms with van der Waals surface area (Å²) in [6, 6.07) is 20.6. The molecule has 1 N–H and O–H groups in total. The summed E-state index contributed by atoms with van der Waals surface area (Å²) >= 11 is 0. The van der Waals surface area contributed by atoms with Gasteiger partial charge in [-0.25, -0.2) is 0 Å². The lowest BCUT2D eigenvalue weighted by molar-refractivity contribution is 0.184. The van der Waals surface area contributed by atoms with Gasteiger partial charge in [0.2, 0.25) is 0 Å². The summed E-state index contributed by atoms with van der Waals surface area (Å²) in [5.74, 6) is 0. The van der Waals surface area contributed by atoms with Crippen molar-refractivity contribution in [3.05, 3.63) is 71.3 Å². The molecule has 0 saturated carbocycles. The molecule has 0 heterocycles. The summed E-state index contributed by atoms with van der Waals surface area (Å²) in [6.07, 6.45) is 0.455. The van der Waals surface area contributed by atoms with Gasteiger partial charge in [-0.05, 0) is 16.7 Å². The monoisotopic (exact) mass is 280 g/mol. The summed E-state index contributed by atoms with van der Waals surface area (Å²) in [5.41, 5.74) is 3.53. The summed E-state index contributed by atoms with van der Waals surface area (Å²) in [7, 11) is 1.70. The number of rotatable bonds is 7. The van der Waals surface area contributed by atoms with Crippen LogP contribution in [0.25, 0.3) is 0 Å². The van der Waals surface area contributed by atoms with Gasteiger partial charge in [-0.3, -0.25) is 0 Å². The molecule has 0 aliphatic rings. The summed E-state index contributed by atoms with van der Waals surface area (Å²) in [4.78, 5) is 0. The highest BCUT2D eigenvalue weighted by Gasteiger charge is 2.11. The minimum atomic E-state index is 0.0480. The molecule has 2 aromatic rings. The van der Waals surface area contributed by atoms with E-state index in [1.807, 2.05) is 30.3 Å². The summed E-state index contributed by atoms with van der Waals surface area (Å²) < 4.78 is 5.23. The molecule has 0 saturated heterocycles. The normalized spacial score (nSPS) is 11.8. The zero-order valence-corrected chi connectivity index (χ0v) is 12.3. The second-order valence-corrected chi connectivity index (χ2v) is 4.91. The van der Waals surface area contributed by atoms with Crippen molar-refractivity contribution in [3.63, 3.8) is 0 Å². The number of methoxy groups -OCH3 is 1. The van der Waals surface area contributed by atoms with Crippen LogP contribution < -0.4 is 5.32 Å². The number of nitrogens with one attached hydrogen (secondary N) is 1. The number of nitrogens with zero attached hydrogens (tertiary/aromatic N) is 1. The predicted molar refractivity (Wildman–Crippen MR) is 83.4 cm³/mol. The molecular weight excluding hydrogens is 260 g/mol. The predicted octanol–water partition coefficient (Wildman–Crippen LogP) is 3.58. The van der Waals surface area contributed by atoms with E-state index in [1.54, 1.807) is 7.11 Å². The third-order valence-electron chi connectivity index (χ3n) is 3.45. The standard InChI is InChI=1S/C18H20N2O/c1-21-14-17-10-6-5-9-16(17)13-20-18(11-12-19)15-7-3-2-4-8-15/h2-10,18,20H,11,13-14H2,1H3. The van der Waals surface area contributed by atoms with Gasteiger partial charge < -0.3 is 10.1 Å². The Balaban J connectivity index is 2.08. The van der Waals surface area contributed by atoms with Crippen LogP contribution in [0.1, 0.15) is 29.2 Å². The van der Waals surface area contributed by atoms with Gasteiger partial charge >= 0.3 is 0 Å². The molecule has 0 amide bonds. The lowest BCUT2D eigenvalue weighted by atomic mass is 10.0. The molecule has 0 radical (unpaired) electrons. The average Bonchev–Trinajstić information content (AvgIpc) is 2.54. The fourth-order valence-electron chi connectivity index (χ4n) is 2.34. The van der Waals surface area contributed by atoms with E-state index in [4.69, 9.17) is 10.00 Å². The third kappa shape index (κ3) is 4.42. The lowest BCUT2D eigenvalue weighted by Crippen LogP contribution is -2.21. The first kappa shape index (κ1) is 15.2. The first-order chi connectivity index (χ1) is 10.3. The minimum Gasteiger partial charge on any atom is -0.380 e. The minimum absolute atomic E-state index is 0.0480. The Morgan fingerprint density at radius 1 is 1.05 bits per heavy atom. The lowest BCUT2D eigenvalue weighted by Gasteiger charge is -2.17. The van der Waals surface area contributed by atoms with Crippen LogP contribution in [0, 0.1) is 11.3 Å². The second kappa shape index (κ2) is 8.21. The Bertz CT molecular complexity index is 590. The van der Waals surface area contributed by atoms with Gasteiger partial charge in [-0.1, -0.05) is 54.6 Å². The summed E-state index contributed by atoms with van der Waals surface area (Å²) in [6.45, 7) is 1.33. The smallest absolute Gasteiger partial charge is 0.0716 e. The maximum atomic E-state index is 9.02. The molecule has 0 aromatic heterocycles. The van der Waals surface area contributed by atoms with Crippen LogP contribution >= 0.6 is 0 Å². The number of benzene rings is 2. The molecule has 1 atom stereocenters. The first-order valence-electron chi connectivity index (χ1n) is 7.06. The largest absolute Gasteiger partial charge is 0.380 e. The van der Waals surface area contributed by atoms with Crippen molar-refractivity contribution in [1.82, 2.24) is 5.32 Å². The van der Waals surface area contributed by atoms with E-state index in [0.29, 0.717) is 13.0 Å². The molecule has 1 unspecified atom stereocenters. The number of ether oxygens (including phenoxy) is 1. The SMILES string of the molecule is COCc1ccccc1CNC(CC#N)c1ccccc1. The van der Waals surface area contributed by atoms with Gasteiger partial charge in [-0.15, -0.1) is 0 Å². The van der Waals surface area contributed by atoms with E-state index < -0.39 is 0 Å². The maximum Gasteiger partial charge on any atom is 0.0716 e. The van der Waals surface area contributed by atoms with Crippen LogP contribution in [-0.4, -0.2) is 7.11 Å². The van der Waals surface area contributed by atoms with E-state index in [1.165, 1.54) is 11.1 Å². The van der Waals surface area contributed by atoms with Gasteiger partial charge in [-0.2, -0.15) is 5.26 Å². The molecule has 2 aromatic carbocycles. The van der Waals surface area contributed by atoms with Gasteiger partial charge in [0, 0.05) is 19.7 Å². The third-order valence-corrected chi connectivity index (χ3v) is 3.45. The number of hydrogen-bond donors (Lipinski definition) is 1. The van der Waals surface area contributed by atoms with Gasteiger partial charge in [0.15, 0.2) is 0 Å². The highest BCUT2D eigenvalue weighted by Crippen LogP contribution is 2.18. The van der Waals surface area contributed by atoms with Crippen LogP contribution in [0.2, 0.25) is 0 Å². The average molecular weight is 280 g/mol. The molecule has 0 aliphatic carbocycles. The zero-order chi connectivity index (χ0) is 14.9. The molecule has 108 valence electrons. The van der Waals surface area contributed by atoms with Crippen molar-refractivity contribution in [2.75, 3.05) is 7.11 Å². The number of nitriles is 1. The van der Waals surface area contributed by atoms with Crippen molar-refractivity contribution in [2.24, 2.45) is 0 Å².